The van der Waals surface area contributed by atoms with Crippen molar-refractivity contribution in [1.29, 1.82) is 0 Å². The van der Waals surface area contributed by atoms with Crippen LogP contribution in [0.15, 0.2) is 146 Å². The van der Waals surface area contributed by atoms with Gasteiger partial charge in [0, 0.05) is 19.3 Å². The first-order chi connectivity index (χ1) is 49.0. The van der Waals surface area contributed by atoms with Gasteiger partial charge in [0.2, 0.25) is 0 Å². The normalized spacial score (nSPS) is 20.6. The van der Waals surface area contributed by atoms with Crippen LogP contribution in [0.4, 0.5) is 0 Å². The summed E-state index contributed by atoms with van der Waals surface area (Å²) in [7, 11) is 9.79. The van der Waals surface area contributed by atoms with Crippen molar-refractivity contribution in [3.8, 4) is 58.2 Å². The molecule has 2 fully saturated rings. The molecular formula is C82H104O18. The van der Waals surface area contributed by atoms with Crippen LogP contribution >= 0.6 is 0 Å². The van der Waals surface area contributed by atoms with Gasteiger partial charge in [0.15, 0.2) is 18.7 Å². The third kappa shape index (κ3) is 25.7. The fourth-order valence-electron chi connectivity index (χ4n) is 11.9. The predicted octanol–water partition coefficient (Wildman–Crippen LogP) is 15.1. The number of ether oxygens (including phenoxy) is 17. The van der Waals surface area contributed by atoms with E-state index in [1.807, 2.05) is 159 Å². The molecule has 100 heavy (non-hydrogen) atoms. The lowest BCUT2D eigenvalue weighted by Gasteiger charge is -2.50. The zero-order valence-corrected chi connectivity index (χ0v) is 59.9. The summed E-state index contributed by atoms with van der Waals surface area (Å²) in [4.78, 5) is 14.6. The Kier molecular flexibility index (Phi) is 34.2. The molecule has 0 N–H and O–H groups in total. The molecule has 18 heteroatoms. The number of carbonyl (C=O) groups is 1. The molecule has 18 nitrogen and oxygen atoms in total. The van der Waals surface area contributed by atoms with Gasteiger partial charge in [-0.25, -0.2) is 0 Å². The first-order valence-electron chi connectivity index (χ1n) is 35.0. The first-order valence-corrected chi connectivity index (χ1v) is 35.0. The molecule has 2 heterocycles. The lowest BCUT2D eigenvalue weighted by atomic mass is 9.95. The van der Waals surface area contributed by atoms with E-state index in [9.17, 15) is 4.79 Å². The molecule has 6 aromatic rings. The van der Waals surface area contributed by atoms with Crippen molar-refractivity contribution in [2.75, 3.05) is 55.9 Å². The van der Waals surface area contributed by atoms with E-state index in [4.69, 9.17) is 80.5 Å². The van der Waals surface area contributed by atoms with Crippen LogP contribution in [0.2, 0.25) is 0 Å². The van der Waals surface area contributed by atoms with E-state index >= 15 is 0 Å². The maximum Gasteiger partial charge on any atom is 0.306 e. The molecule has 0 radical (unpaired) electrons. The number of esters is 1. The second kappa shape index (κ2) is 43.9. The highest BCUT2D eigenvalue weighted by molar-refractivity contribution is 5.69. The molecule has 0 aromatic heterocycles. The van der Waals surface area contributed by atoms with Crippen molar-refractivity contribution < 1.29 is 85.3 Å². The molecule has 540 valence electrons. The van der Waals surface area contributed by atoms with Gasteiger partial charge < -0.3 is 80.5 Å². The van der Waals surface area contributed by atoms with E-state index in [-0.39, 0.29) is 65.4 Å². The van der Waals surface area contributed by atoms with E-state index < -0.39 is 67.4 Å². The van der Waals surface area contributed by atoms with Crippen LogP contribution in [0.5, 0.6) is 34.5 Å². The van der Waals surface area contributed by atoms with Crippen molar-refractivity contribution >= 4 is 5.97 Å². The van der Waals surface area contributed by atoms with Gasteiger partial charge in [-0.2, -0.15) is 0 Å². The quantitative estimate of drug-likeness (QED) is 0.0200. The third-order valence-corrected chi connectivity index (χ3v) is 17.6. The zero-order valence-electron chi connectivity index (χ0n) is 59.9. The average molecular weight is 1380 g/mol. The molecule has 0 aliphatic carbocycles. The Morgan fingerprint density at radius 2 is 0.710 bits per heavy atom. The van der Waals surface area contributed by atoms with Crippen LogP contribution in [0.3, 0.4) is 0 Å². The third-order valence-electron chi connectivity index (χ3n) is 17.6. The molecular weight excluding hydrogens is 1270 g/mol. The summed E-state index contributed by atoms with van der Waals surface area (Å²) >= 11 is 0. The summed E-state index contributed by atoms with van der Waals surface area (Å²) in [6.45, 7) is 6.56. The number of rotatable bonds is 44. The summed E-state index contributed by atoms with van der Waals surface area (Å²) in [5.41, 5.74) is 5.17. The van der Waals surface area contributed by atoms with Gasteiger partial charge in [0.25, 0.3) is 0 Å². The fraction of sp³-hybridized carbons (Fsp3) is 0.500. The highest BCUT2D eigenvalue weighted by Gasteiger charge is 2.55. The molecule has 2 aliphatic heterocycles. The largest absolute Gasteiger partial charge is 0.497 e. The lowest BCUT2D eigenvalue weighted by Crippen LogP contribution is -2.66. The molecule has 0 amide bonds. The Balaban J connectivity index is 1.24. The maximum atomic E-state index is 14.6. The van der Waals surface area contributed by atoms with Crippen molar-refractivity contribution in [3.63, 3.8) is 0 Å². The minimum atomic E-state index is -1.33. The van der Waals surface area contributed by atoms with Gasteiger partial charge in [-0.3, -0.25) is 4.79 Å². The Morgan fingerprint density at radius 1 is 0.380 bits per heavy atom. The molecule has 8 rings (SSSR count). The molecule has 6 aromatic carbocycles. The van der Waals surface area contributed by atoms with Crippen molar-refractivity contribution in [2.24, 2.45) is 0 Å². The molecule has 2 saturated heterocycles. The summed E-state index contributed by atoms with van der Waals surface area (Å²) in [6, 6.07) is 46.0. The Labute approximate surface area is 593 Å². The van der Waals surface area contributed by atoms with Crippen LogP contribution in [0.1, 0.15) is 138 Å². The lowest BCUT2D eigenvalue weighted by molar-refractivity contribution is -0.385. The number of hydrogen-bond acceptors (Lipinski definition) is 18. The number of carbonyl (C=O) groups excluding carboxylic acids is 1. The van der Waals surface area contributed by atoms with E-state index in [1.54, 1.807) is 42.7 Å². The molecule has 0 spiro atoms. The van der Waals surface area contributed by atoms with Gasteiger partial charge in [-0.1, -0.05) is 111 Å². The predicted molar refractivity (Wildman–Crippen MR) is 381 cm³/mol. The summed E-state index contributed by atoms with van der Waals surface area (Å²) in [5, 5.41) is 0. The van der Waals surface area contributed by atoms with Crippen LogP contribution in [-0.4, -0.2) is 129 Å². The van der Waals surface area contributed by atoms with Crippen LogP contribution in [-0.2, 0) is 96.5 Å². The number of unbranched alkanes of at least 4 members (excludes halogenated alkanes) is 9. The van der Waals surface area contributed by atoms with Gasteiger partial charge >= 0.3 is 5.97 Å². The maximum absolute atomic E-state index is 14.6. The highest BCUT2D eigenvalue weighted by atomic mass is 16.8. The van der Waals surface area contributed by atoms with Crippen molar-refractivity contribution in [1.82, 2.24) is 0 Å². The number of benzene rings is 6. The second-order valence-corrected chi connectivity index (χ2v) is 24.9. The van der Waals surface area contributed by atoms with Crippen LogP contribution in [0.25, 0.3) is 0 Å². The SMILES string of the molecule is CC#CCCCCCCCC(=O)O[C@H]1[C@H](OCc2ccc(OC)cc2)[C@@H](OCc2ccc(OC)cc2)[C@H](O[C@H]2[C@H](O[C@@H](C)CCCCCCC#CC)O[C@H](COCc3ccc(OC)cc3)[C@@H](OCc3ccc(OC)cc3)[C@@H]2OCc2ccc(OC)cc2)O[C@@H]1COCc1ccc(OC)cc1. The summed E-state index contributed by atoms with van der Waals surface area (Å²) < 4.78 is 112. The van der Waals surface area contributed by atoms with Gasteiger partial charge in [0.1, 0.15) is 77.2 Å². The van der Waals surface area contributed by atoms with Gasteiger partial charge in [0.05, 0.1) is 102 Å². The Hall–Kier alpha value is -7.69. The highest BCUT2D eigenvalue weighted by Crippen LogP contribution is 2.38. The molecule has 11 atom stereocenters. The monoisotopic (exact) mass is 1380 g/mol. The number of methoxy groups -OCH3 is 6. The van der Waals surface area contributed by atoms with Crippen molar-refractivity contribution in [2.45, 2.75) is 211 Å². The second-order valence-electron chi connectivity index (χ2n) is 24.9. The standard InChI is InChI=1S/C82H104O18/c1-10-12-14-16-18-20-22-24-26-74(83)99-76-73(58-91-52-61-29-41-67(85-5)42-30-61)98-81(79(95-56-65-37-49-71(89-9)50-38-65)78(76)94-55-64-35-47-70(88-8)48-36-64)100-80-77(93-54-63-33-45-69(87-7)46-34-63)75(92-53-62-31-43-68(86-6)44-32-62)72(57-90-51-60-27-39-66(84-4)40-28-60)97-82(80)96-59(3)25-23-21-19-17-15-13-11-2/h27-50,59,72-73,75-82H,14-26,51-58H2,1-9H3/t59-,72+,73+,75+,76+,77-,78-,79+,80+,81-,82+/m0/s1. The minimum absolute atomic E-state index is 0.0468. The molecule has 0 bridgehead atoms. The van der Waals surface area contributed by atoms with Gasteiger partial charge in [-0.05, 0) is 153 Å². The summed E-state index contributed by atoms with van der Waals surface area (Å²) in [6.07, 6.45) is -0.0251. The smallest absolute Gasteiger partial charge is 0.306 e. The topological polar surface area (TPSA) is 174 Å². The van der Waals surface area contributed by atoms with E-state index in [0.29, 0.717) is 41.6 Å². The van der Waals surface area contributed by atoms with Gasteiger partial charge in [-0.15, -0.1) is 23.7 Å². The van der Waals surface area contributed by atoms with Crippen LogP contribution < -0.4 is 28.4 Å². The Morgan fingerprint density at radius 3 is 1.11 bits per heavy atom. The van der Waals surface area contributed by atoms with E-state index in [2.05, 4.69) is 30.6 Å². The fourth-order valence-corrected chi connectivity index (χ4v) is 11.9. The first kappa shape index (κ1) is 78.0. The summed E-state index contributed by atoms with van der Waals surface area (Å²) in [5.74, 6) is 16.1. The number of hydrogen-bond donors (Lipinski definition) is 0. The zero-order chi connectivity index (χ0) is 70.5. The van der Waals surface area contributed by atoms with Crippen LogP contribution in [0, 0.1) is 23.7 Å². The Bertz CT molecular complexity index is 3360. The van der Waals surface area contributed by atoms with Crippen molar-refractivity contribution in [3.05, 3.63) is 179 Å². The van der Waals surface area contributed by atoms with E-state index in [0.717, 1.165) is 103 Å². The van der Waals surface area contributed by atoms with E-state index in [1.165, 1.54) is 0 Å². The molecule has 0 saturated carbocycles. The average Bonchev–Trinajstić information content (AvgIpc) is 0.768. The minimum Gasteiger partial charge on any atom is -0.497 e. The molecule has 0 unspecified atom stereocenters. The molecule has 2 aliphatic rings.